The zero-order valence-electron chi connectivity index (χ0n) is 8.82. The molecule has 0 heterocycles. The summed E-state index contributed by atoms with van der Waals surface area (Å²) in [5.41, 5.74) is 6.78. The number of nitrogens with one attached hydrogen (secondary N) is 1. The van der Waals surface area contributed by atoms with Crippen LogP contribution >= 0.6 is 0 Å². The summed E-state index contributed by atoms with van der Waals surface area (Å²) in [7, 11) is 0. The molecule has 1 aromatic rings. The maximum absolute atomic E-state index is 11.5. The number of rotatable bonds is 5. The molecule has 1 aromatic carbocycles. The van der Waals surface area contributed by atoms with E-state index in [1.54, 1.807) is 24.3 Å². The van der Waals surface area contributed by atoms with Crippen LogP contribution in [0.15, 0.2) is 24.3 Å². The Morgan fingerprint density at radius 1 is 1.40 bits per heavy atom. The minimum atomic E-state index is -0.102. The van der Waals surface area contributed by atoms with Crippen molar-refractivity contribution in [2.75, 3.05) is 25.5 Å². The molecule has 15 heavy (non-hydrogen) atoms. The number of carbonyl (C=O) groups excluding carboxylic acids is 1. The Hall–Kier alpha value is -1.55. The number of ether oxygens (including phenoxy) is 1. The predicted octanol–water partition coefficient (Wildman–Crippen LogP) is 1.04. The van der Waals surface area contributed by atoms with Gasteiger partial charge in [-0.15, -0.1) is 0 Å². The van der Waals surface area contributed by atoms with Gasteiger partial charge in [0.1, 0.15) is 0 Å². The van der Waals surface area contributed by atoms with E-state index in [1.165, 1.54) is 0 Å². The average molecular weight is 208 g/mol. The number of carbonyl (C=O) groups is 1. The maximum Gasteiger partial charge on any atom is 0.251 e. The van der Waals surface area contributed by atoms with E-state index < -0.39 is 0 Å². The van der Waals surface area contributed by atoms with Crippen LogP contribution < -0.4 is 11.1 Å². The Morgan fingerprint density at radius 2 is 2.07 bits per heavy atom. The van der Waals surface area contributed by atoms with Gasteiger partial charge in [0.2, 0.25) is 0 Å². The van der Waals surface area contributed by atoms with Crippen LogP contribution in [0.25, 0.3) is 0 Å². The standard InChI is InChI=1S/C11H16N2O2/c1-2-15-8-7-13-11(14)9-3-5-10(12)6-4-9/h3-6H,2,7-8,12H2,1H3,(H,13,14). The molecule has 4 heteroatoms. The molecule has 0 saturated heterocycles. The van der Waals surface area contributed by atoms with Gasteiger partial charge in [0.15, 0.2) is 0 Å². The van der Waals surface area contributed by atoms with Crippen molar-refractivity contribution >= 4 is 11.6 Å². The maximum atomic E-state index is 11.5. The lowest BCUT2D eigenvalue weighted by molar-refractivity contribution is 0.0922. The average Bonchev–Trinajstić information content (AvgIpc) is 2.25. The summed E-state index contributed by atoms with van der Waals surface area (Å²) >= 11 is 0. The first-order valence-electron chi connectivity index (χ1n) is 4.95. The van der Waals surface area contributed by atoms with E-state index in [2.05, 4.69) is 5.32 Å². The van der Waals surface area contributed by atoms with E-state index in [4.69, 9.17) is 10.5 Å². The van der Waals surface area contributed by atoms with Gasteiger partial charge in [-0.3, -0.25) is 4.79 Å². The highest BCUT2D eigenvalue weighted by Gasteiger charge is 2.03. The SMILES string of the molecule is CCOCCNC(=O)c1ccc(N)cc1. The Kier molecular flexibility index (Phi) is 4.63. The van der Waals surface area contributed by atoms with Crippen molar-refractivity contribution in [1.29, 1.82) is 0 Å². The molecule has 0 saturated carbocycles. The summed E-state index contributed by atoms with van der Waals surface area (Å²) in [4.78, 5) is 11.5. The van der Waals surface area contributed by atoms with E-state index in [0.29, 0.717) is 31.0 Å². The second-order valence-corrected chi connectivity index (χ2v) is 3.07. The number of anilines is 1. The van der Waals surface area contributed by atoms with Crippen LogP contribution in [-0.4, -0.2) is 25.7 Å². The molecule has 0 aromatic heterocycles. The van der Waals surface area contributed by atoms with Crippen molar-refractivity contribution in [3.05, 3.63) is 29.8 Å². The van der Waals surface area contributed by atoms with Crippen LogP contribution in [0.2, 0.25) is 0 Å². The number of benzene rings is 1. The van der Waals surface area contributed by atoms with Crippen LogP contribution in [0, 0.1) is 0 Å². The van der Waals surface area contributed by atoms with Gasteiger partial charge >= 0.3 is 0 Å². The van der Waals surface area contributed by atoms with Gasteiger partial charge in [-0.05, 0) is 31.2 Å². The summed E-state index contributed by atoms with van der Waals surface area (Å²) < 4.78 is 5.10. The first-order chi connectivity index (χ1) is 7.24. The van der Waals surface area contributed by atoms with E-state index >= 15 is 0 Å². The molecule has 0 fully saturated rings. The monoisotopic (exact) mass is 208 g/mol. The first kappa shape index (κ1) is 11.5. The molecule has 0 aliphatic heterocycles. The molecule has 0 spiro atoms. The molecule has 3 N–H and O–H groups in total. The predicted molar refractivity (Wildman–Crippen MR) is 59.7 cm³/mol. The van der Waals surface area contributed by atoms with E-state index in [1.807, 2.05) is 6.92 Å². The molecule has 0 aliphatic carbocycles. The van der Waals surface area contributed by atoms with Gasteiger partial charge in [0, 0.05) is 24.4 Å². The van der Waals surface area contributed by atoms with Gasteiger partial charge < -0.3 is 15.8 Å². The molecular formula is C11H16N2O2. The molecule has 0 radical (unpaired) electrons. The summed E-state index contributed by atoms with van der Waals surface area (Å²) in [6, 6.07) is 6.81. The molecule has 1 rings (SSSR count). The first-order valence-corrected chi connectivity index (χ1v) is 4.95. The molecule has 0 atom stereocenters. The number of hydrogen-bond acceptors (Lipinski definition) is 3. The lowest BCUT2D eigenvalue weighted by atomic mass is 10.2. The van der Waals surface area contributed by atoms with Gasteiger partial charge in [-0.1, -0.05) is 0 Å². The zero-order valence-corrected chi connectivity index (χ0v) is 8.82. The third kappa shape index (κ3) is 3.99. The summed E-state index contributed by atoms with van der Waals surface area (Å²) in [5, 5.41) is 2.75. The lowest BCUT2D eigenvalue weighted by Gasteiger charge is -2.05. The molecule has 1 amide bonds. The Labute approximate surface area is 89.4 Å². The third-order valence-electron chi connectivity index (χ3n) is 1.91. The highest BCUT2D eigenvalue weighted by atomic mass is 16.5. The zero-order chi connectivity index (χ0) is 11.1. The Balaban J connectivity index is 2.37. The van der Waals surface area contributed by atoms with Crippen molar-refractivity contribution in [2.24, 2.45) is 0 Å². The molecule has 82 valence electrons. The number of nitrogen functional groups attached to an aromatic ring is 1. The second kappa shape index (κ2) is 6.03. The quantitative estimate of drug-likeness (QED) is 0.561. The van der Waals surface area contributed by atoms with E-state index in [0.717, 1.165) is 0 Å². The van der Waals surface area contributed by atoms with Crippen molar-refractivity contribution in [2.45, 2.75) is 6.92 Å². The summed E-state index contributed by atoms with van der Waals surface area (Å²) in [5.74, 6) is -0.102. The van der Waals surface area contributed by atoms with Gasteiger partial charge in [0.25, 0.3) is 5.91 Å². The fraction of sp³-hybridized carbons (Fsp3) is 0.364. The summed E-state index contributed by atoms with van der Waals surface area (Å²) in [6.07, 6.45) is 0. The van der Waals surface area contributed by atoms with Crippen LogP contribution in [0.1, 0.15) is 17.3 Å². The second-order valence-electron chi connectivity index (χ2n) is 3.07. The Morgan fingerprint density at radius 3 is 2.67 bits per heavy atom. The van der Waals surface area contributed by atoms with Crippen molar-refractivity contribution in [1.82, 2.24) is 5.32 Å². The minimum Gasteiger partial charge on any atom is -0.399 e. The number of amides is 1. The molecule has 0 unspecified atom stereocenters. The Bertz CT molecular complexity index is 309. The van der Waals surface area contributed by atoms with Crippen molar-refractivity contribution < 1.29 is 9.53 Å². The lowest BCUT2D eigenvalue weighted by Crippen LogP contribution is -2.27. The van der Waals surface area contributed by atoms with E-state index in [9.17, 15) is 4.79 Å². The van der Waals surface area contributed by atoms with Crippen molar-refractivity contribution in [3.8, 4) is 0 Å². The van der Waals surface area contributed by atoms with Crippen LogP contribution in [0.4, 0.5) is 5.69 Å². The third-order valence-corrected chi connectivity index (χ3v) is 1.91. The largest absolute Gasteiger partial charge is 0.399 e. The van der Waals surface area contributed by atoms with Gasteiger partial charge in [-0.2, -0.15) is 0 Å². The molecular weight excluding hydrogens is 192 g/mol. The molecule has 0 aliphatic rings. The van der Waals surface area contributed by atoms with Crippen molar-refractivity contribution in [3.63, 3.8) is 0 Å². The fourth-order valence-electron chi connectivity index (χ4n) is 1.12. The fourth-order valence-corrected chi connectivity index (χ4v) is 1.12. The van der Waals surface area contributed by atoms with Crippen LogP contribution in [0.3, 0.4) is 0 Å². The highest BCUT2D eigenvalue weighted by molar-refractivity contribution is 5.94. The topological polar surface area (TPSA) is 64.3 Å². The van der Waals surface area contributed by atoms with Crippen LogP contribution in [-0.2, 0) is 4.74 Å². The molecule has 0 bridgehead atoms. The smallest absolute Gasteiger partial charge is 0.251 e. The summed E-state index contributed by atoms with van der Waals surface area (Å²) in [6.45, 7) is 3.65. The number of nitrogens with two attached hydrogens (primary N) is 1. The van der Waals surface area contributed by atoms with Gasteiger partial charge in [-0.25, -0.2) is 0 Å². The van der Waals surface area contributed by atoms with E-state index in [-0.39, 0.29) is 5.91 Å². The van der Waals surface area contributed by atoms with Crippen LogP contribution in [0.5, 0.6) is 0 Å². The highest BCUT2D eigenvalue weighted by Crippen LogP contribution is 2.04. The normalized spacial score (nSPS) is 9.93. The minimum absolute atomic E-state index is 0.102. The van der Waals surface area contributed by atoms with Gasteiger partial charge in [0.05, 0.1) is 6.61 Å². The molecule has 4 nitrogen and oxygen atoms in total. The number of hydrogen-bond donors (Lipinski definition) is 2.